The normalized spacial score (nSPS) is 15.2. The molecule has 0 aliphatic rings. The third-order valence-electron chi connectivity index (χ3n) is 3.26. The second-order valence-electron chi connectivity index (χ2n) is 4.67. The van der Waals surface area contributed by atoms with Crippen LogP contribution in [0, 0.1) is 18.3 Å². The predicted molar refractivity (Wildman–Crippen MR) is 75.1 cm³/mol. The summed E-state index contributed by atoms with van der Waals surface area (Å²) in [7, 11) is 0. The molecule has 2 heteroatoms. The van der Waals surface area contributed by atoms with Crippen LogP contribution in [0.2, 0.25) is 0 Å². The standard InChI is InChI=1S/C16H21NO/c1-5-12(3)15(14-10-8-7-9-11-14)16(18)17-13(4)6-2/h2,7-13,15H,5H2,1,3-4H3,(H,17,18). The number of carbonyl (C=O) groups excluding carboxylic acids is 1. The summed E-state index contributed by atoms with van der Waals surface area (Å²) >= 11 is 0. The molecule has 0 saturated carbocycles. The van der Waals surface area contributed by atoms with Gasteiger partial charge >= 0.3 is 0 Å². The zero-order valence-electron chi connectivity index (χ0n) is 11.3. The van der Waals surface area contributed by atoms with E-state index in [1.165, 1.54) is 0 Å². The zero-order valence-corrected chi connectivity index (χ0v) is 11.3. The average molecular weight is 243 g/mol. The first-order chi connectivity index (χ1) is 8.60. The quantitative estimate of drug-likeness (QED) is 0.791. The highest BCUT2D eigenvalue weighted by atomic mass is 16.1. The summed E-state index contributed by atoms with van der Waals surface area (Å²) in [5.74, 6) is 2.70. The van der Waals surface area contributed by atoms with E-state index in [1.807, 2.05) is 37.3 Å². The van der Waals surface area contributed by atoms with Gasteiger partial charge in [0, 0.05) is 0 Å². The molecule has 1 aromatic carbocycles. The van der Waals surface area contributed by atoms with Gasteiger partial charge in [0.1, 0.15) is 0 Å². The summed E-state index contributed by atoms with van der Waals surface area (Å²) in [5.41, 5.74) is 1.05. The number of carbonyl (C=O) groups is 1. The Balaban J connectivity index is 2.93. The second-order valence-corrected chi connectivity index (χ2v) is 4.67. The number of terminal acetylenes is 1. The first kappa shape index (κ1) is 14.3. The Bertz CT molecular complexity index is 418. The molecule has 0 fully saturated rings. The van der Waals surface area contributed by atoms with Gasteiger partial charge in [-0.1, -0.05) is 56.5 Å². The molecule has 18 heavy (non-hydrogen) atoms. The topological polar surface area (TPSA) is 29.1 Å². The molecule has 0 radical (unpaired) electrons. The van der Waals surface area contributed by atoms with Crippen LogP contribution in [-0.2, 0) is 4.79 Å². The second kappa shape index (κ2) is 6.86. The average Bonchev–Trinajstić information content (AvgIpc) is 2.39. The summed E-state index contributed by atoms with van der Waals surface area (Å²) in [6, 6.07) is 9.64. The highest BCUT2D eigenvalue weighted by Crippen LogP contribution is 2.27. The smallest absolute Gasteiger partial charge is 0.228 e. The Kier molecular flexibility index (Phi) is 5.45. The molecule has 3 atom stereocenters. The summed E-state index contributed by atoms with van der Waals surface area (Å²) in [4.78, 5) is 12.3. The third kappa shape index (κ3) is 3.63. The van der Waals surface area contributed by atoms with Crippen LogP contribution in [0.1, 0.15) is 38.7 Å². The van der Waals surface area contributed by atoms with Gasteiger partial charge in [-0.25, -0.2) is 0 Å². The Hall–Kier alpha value is -1.75. The van der Waals surface area contributed by atoms with Crippen LogP contribution in [0.25, 0.3) is 0 Å². The molecule has 1 rings (SSSR count). The van der Waals surface area contributed by atoms with E-state index in [2.05, 4.69) is 25.1 Å². The molecule has 1 amide bonds. The minimum Gasteiger partial charge on any atom is -0.342 e. The zero-order chi connectivity index (χ0) is 13.5. The van der Waals surface area contributed by atoms with Crippen molar-refractivity contribution >= 4 is 5.91 Å². The molecule has 1 aromatic rings. The number of hydrogen-bond acceptors (Lipinski definition) is 1. The molecule has 3 unspecified atom stereocenters. The minimum atomic E-state index is -0.229. The minimum absolute atomic E-state index is 0.0148. The van der Waals surface area contributed by atoms with Crippen molar-refractivity contribution in [3.05, 3.63) is 35.9 Å². The van der Waals surface area contributed by atoms with E-state index in [0.717, 1.165) is 12.0 Å². The van der Waals surface area contributed by atoms with Crippen LogP contribution >= 0.6 is 0 Å². The van der Waals surface area contributed by atoms with E-state index in [-0.39, 0.29) is 23.8 Å². The summed E-state index contributed by atoms with van der Waals surface area (Å²) in [6.45, 7) is 6.01. The highest BCUT2D eigenvalue weighted by Gasteiger charge is 2.26. The van der Waals surface area contributed by atoms with Gasteiger partial charge < -0.3 is 5.32 Å². The van der Waals surface area contributed by atoms with Crippen LogP contribution in [0.3, 0.4) is 0 Å². The van der Waals surface area contributed by atoms with Gasteiger partial charge in [-0.15, -0.1) is 6.42 Å². The molecule has 0 saturated heterocycles. The fourth-order valence-electron chi connectivity index (χ4n) is 1.98. The highest BCUT2D eigenvalue weighted by molar-refractivity contribution is 5.84. The molecule has 96 valence electrons. The van der Waals surface area contributed by atoms with Crippen molar-refractivity contribution in [3.8, 4) is 12.3 Å². The summed E-state index contributed by atoms with van der Waals surface area (Å²) in [6.07, 6.45) is 6.26. The van der Waals surface area contributed by atoms with E-state index in [9.17, 15) is 4.79 Å². The first-order valence-corrected chi connectivity index (χ1v) is 6.41. The van der Waals surface area contributed by atoms with E-state index in [0.29, 0.717) is 0 Å². The van der Waals surface area contributed by atoms with E-state index < -0.39 is 0 Å². The lowest BCUT2D eigenvalue weighted by molar-refractivity contribution is -0.123. The maximum atomic E-state index is 12.3. The lowest BCUT2D eigenvalue weighted by Gasteiger charge is -2.23. The number of hydrogen-bond donors (Lipinski definition) is 1. The van der Waals surface area contributed by atoms with Crippen molar-refractivity contribution < 1.29 is 4.79 Å². The first-order valence-electron chi connectivity index (χ1n) is 6.41. The van der Waals surface area contributed by atoms with Crippen LogP contribution in [0.15, 0.2) is 30.3 Å². The Morgan fingerprint density at radius 1 is 1.33 bits per heavy atom. The maximum absolute atomic E-state index is 12.3. The van der Waals surface area contributed by atoms with Crippen molar-refractivity contribution in [1.82, 2.24) is 5.32 Å². The van der Waals surface area contributed by atoms with Crippen molar-refractivity contribution in [3.63, 3.8) is 0 Å². The van der Waals surface area contributed by atoms with Gasteiger partial charge in [0.15, 0.2) is 0 Å². The Morgan fingerprint density at radius 3 is 2.44 bits per heavy atom. The summed E-state index contributed by atoms with van der Waals surface area (Å²) < 4.78 is 0. The van der Waals surface area contributed by atoms with E-state index in [1.54, 1.807) is 0 Å². The van der Waals surface area contributed by atoms with Crippen LogP contribution < -0.4 is 5.32 Å². The predicted octanol–water partition coefficient (Wildman–Crippen LogP) is 2.95. The molecule has 1 N–H and O–H groups in total. The largest absolute Gasteiger partial charge is 0.342 e. The SMILES string of the molecule is C#CC(C)NC(=O)C(c1ccccc1)C(C)CC. The van der Waals surface area contributed by atoms with Gasteiger partial charge in [-0.3, -0.25) is 4.79 Å². The number of nitrogens with one attached hydrogen (secondary N) is 1. The lowest BCUT2D eigenvalue weighted by Crippen LogP contribution is -2.37. The van der Waals surface area contributed by atoms with Gasteiger partial charge in [0.05, 0.1) is 12.0 Å². The maximum Gasteiger partial charge on any atom is 0.228 e. The monoisotopic (exact) mass is 243 g/mol. The van der Waals surface area contributed by atoms with Crippen LogP contribution in [0.5, 0.6) is 0 Å². The van der Waals surface area contributed by atoms with Gasteiger partial charge in [-0.2, -0.15) is 0 Å². The van der Waals surface area contributed by atoms with Gasteiger partial charge in [-0.05, 0) is 18.4 Å². The molecule has 0 heterocycles. The molecule has 0 bridgehead atoms. The van der Waals surface area contributed by atoms with E-state index in [4.69, 9.17) is 6.42 Å². The fourth-order valence-corrected chi connectivity index (χ4v) is 1.98. The van der Waals surface area contributed by atoms with Gasteiger partial charge in [0.2, 0.25) is 5.91 Å². The van der Waals surface area contributed by atoms with Crippen molar-refractivity contribution in [1.29, 1.82) is 0 Å². The van der Waals surface area contributed by atoms with Gasteiger partial charge in [0.25, 0.3) is 0 Å². The molecule has 0 aliphatic carbocycles. The Morgan fingerprint density at radius 2 is 1.94 bits per heavy atom. The van der Waals surface area contributed by atoms with Crippen LogP contribution in [-0.4, -0.2) is 11.9 Å². The van der Waals surface area contributed by atoms with E-state index >= 15 is 0 Å². The number of benzene rings is 1. The Labute approximate surface area is 110 Å². The van der Waals surface area contributed by atoms with Crippen molar-refractivity contribution in [2.45, 2.75) is 39.2 Å². The fraction of sp³-hybridized carbons (Fsp3) is 0.438. The number of rotatable bonds is 5. The molecule has 2 nitrogen and oxygen atoms in total. The van der Waals surface area contributed by atoms with Crippen molar-refractivity contribution in [2.75, 3.05) is 0 Å². The van der Waals surface area contributed by atoms with Crippen LogP contribution in [0.4, 0.5) is 0 Å². The molecular formula is C16H21NO. The number of amides is 1. The summed E-state index contributed by atoms with van der Waals surface area (Å²) in [5, 5.41) is 2.87. The third-order valence-corrected chi connectivity index (χ3v) is 3.26. The molecule has 0 aliphatic heterocycles. The molecule has 0 aromatic heterocycles. The molecule has 0 spiro atoms. The lowest BCUT2D eigenvalue weighted by atomic mass is 9.85. The molecular weight excluding hydrogens is 222 g/mol. The van der Waals surface area contributed by atoms with Crippen molar-refractivity contribution in [2.24, 2.45) is 5.92 Å².